The lowest BCUT2D eigenvalue weighted by molar-refractivity contribution is -0.145. The van der Waals surface area contributed by atoms with Gasteiger partial charge in [0.2, 0.25) is 0 Å². The Morgan fingerprint density at radius 1 is 1.20 bits per heavy atom. The molecule has 0 fully saturated rings. The number of carbonyl (C=O) groups excluding carboxylic acids is 2. The standard InChI is InChI=1S/C13H18N2O5/c1-18-12(16)9-2-4-10(5-3-9)19-6-7-20-13(17)11(15)8-14/h2-5,11H,6-8,14-15H2,1H3. The van der Waals surface area contributed by atoms with Crippen LogP contribution in [0.25, 0.3) is 0 Å². The van der Waals surface area contributed by atoms with E-state index < -0.39 is 18.0 Å². The highest BCUT2D eigenvalue weighted by Crippen LogP contribution is 2.12. The van der Waals surface area contributed by atoms with Crippen LogP contribution in [0.1, 0.15) is 10.4 Å². The van der Waals surface area contributed by atoms with Crippen LogP contribution in [0.5, 0.6) is 5.75 Å². The Balaban J connectivity index is 2.32. The molecule has 1 aromatic rings. The van der Waals surface area contributed by atoms with Gasteiger partial charge in [0.1, 0.15) is 25.0 Å². The van der Waals surface area contributed by atoms with Crippen LogP contribution in [0.2, 0.25) is 0 Å². The summed E-state index contributed by atoms with van der Waals surface area (Å²) in [6, 6.07) is 5.60. The molecule has 0 saturated carbocycles. The maximum atomic E-state index is 11.2. The van der Waals surface area contributed by atoms with Crippen molar-refractivity contribution in [2.24, 2.45) is 11.5 Å². The molecule has 0 aliphatic rings. The SMILES string of the molecule is COC(=O)c1ccc(OCCOC(=O)C(N)CN)cc1. The lowest BCUT2D eigenvalue weighted by Crippen LogP contribution is -2.39. The van der Waals surface area contributed by atoms with E-state index in [1.807, 2.05) is 0 Å². The van der Waals surface area contributed by atoms with Crippen molar-refractivity contribution in [2.75, 3.05) is 26.9 Å². The van der Waals surface area contributed by atoms with E-state index in [0.29, 0.717) is 11.3 Å². The summed E-state index contributed by atoms with van der Waals surface area (Å²) in [5, 5.41) is 0. The molecule has 110 valence electrons. The van der Waals surface area contributed by atoms with Gasteiger partial charge in [-0.2, -0.15) is 0 Å². The number of carbonyl (C=O) groups is 2. The van der Waals surface area contributed by atoms with Crippen molar-refractivity contribution in [2.45, 2.75) is 6.04 Å². The molecule has 20 heavy (non-hydrogen) atoms. The molecule has 4 N–H and O–H groups in total. The summed E-state index contributed by atoms with van der Waals surface area (Å²) in [6.07, 6.45) is 0. The van der Waals surface area contributed by atoms with E-state index in [-0.39, 0.29) is 19.8 Å². The molecular weight excluding hydrogens is 264 g/mol. The highest BCUT2D eigenvalue weighted by Gasteiger charge is 2.12. The number of hydrogen-bond donors (Lipinski definition) is 2. The molecule has 1 rings (SSSR count). The summed E-state index contributed by atoms with van der Waals surface area (Å²) in [7, 11) is 1.31. The summed E-state index contributed by atoms with van der Waals surface area (Å²) in [5.74, 6) is -0.421. The third kappa shape index (κ3) is 4.87. The molecule has 0 bridgehead atoms. The maximum absolute atomic E-state index is 11.2. The molecule has 7 heteroatoms. The van der Waals surface area contributed by atoms with Crippen LogP contribution in [0.15, 0.2) is 24.3 Å². The topological polar surface area (TPSA) is 114 Å². The largest absolute Gasteiger partial charge is 0.490 e. The smallest absolute Gasteiger partial charge is 0.337 e. The number of methoxy groups -OCH3 is 1. The fourth-order valence-electron chi connectivity index (χ4n) is 1.31. The van der Waals surface area contributed by atoms with E-state index in [1.165, 1.54) is 7.11 Å². The molecule has 1 aromatic carbocycles. The fraction of sp³-hybridized carbons (Fsp3) is 0.385. The lowest BCUT2D eigenvalue weighted by atomic mass is 10.2. The van der Waals surface area contributed by atoms with Crippen molar-refractivity contribution in [1.82, 2.24) is 0 Å². The van der Waals surface area contributed by atoms with Crippen LogP contribution in [0.3, 0.4) is 0 Å². The molecule has 0 heterocycles. The van der Waals surface area contributed by atoms with Gasteiger partial charge in [0.25, 0.3) is 0 Å². The van der Waals surface area contributed by atoms with Crippen LogP contribution in [0.4, 0.5) is 0 Å². The first-order valence-electron chi connectivity index (χ1n) is 6.02. The monoisotopic (exact) mass is 282 g/mol. The molecule has 0 aliphatic heterocycles. The number of benzene rings is 1. The van der Waals surface area contributed by atoms with Crippen LogP contribution >= 0.6 is 0 Å². The van der Waals surface area contributed by atoms with Crippen molar-refractivity contribution >= 4 is 11.9 Å². The lowest BCUT2D eigenvalue weighted by Gasteiger charge is -2.10. The molecule has 1 atom stereocenters. The predicted molar refractivity (Wildman–Crippen MR) is 71.3 cm³/mol. The van der Waals surface area contributed by atoms with E-state index in [9.17, 15) is 9.59 Å². The minimum Gasteiger partial charge on any atom is -0.490 e. The molecule has 0 aliphatic carbocycles. The molecule has 0 amide bonds. The first-order valence-corrected chi connectivity index (χ1v) is 6.02. The fourth-order valence-corrected chi connectivity index (χ4v) is 1.31. The quantitative estimate of drug-likeness (QED) is 0.520. The second kappa shape index (κ2) is 8.13. The third-order valence-electron chi connectivity index (χ3n) is 2.43. The van der Waals surface area contributed by atoms with Crippen LogP contribution in [0, 0.1) is 0 Å². The van der Waals surface area contributed by atoms with E-state index in [4.69, 9.17) is 20.9 Å². The van der Waals surface area contributed by atoms with Gasteiger partial charge in [-0.3, -0.25) is 4.79 Å². The average Bonchev–Trinajstić information content (AvgIpc) is 2.50. The Morgan fingerprint density at radius 3 is 2.40 bits per heavy atom. The van der Waals surface area contributed by atoms with E-state index in [0.717, 1.165) is 0 Å². The first kappa shape index (κ1) is 15.9. The zero-order chi connectivity index (χ0) is 15.0. The van der Waals surface area contributed by atoms with E-state index in [2.05, 4.69) is 4.74 Å². The highest BCUT2D eigenvalue weighted by atomic mass is 16.6. The number of nitrogens with two attached hydrogens (primary N) is 2. The van der Waals surface area contributed by atoms with Crippen molar-refractivity contribution in [3.05, 3.63) is 29.8 Å². The molecule has 0 radical (unpaired) electrons. The average molecular weight is 282 g/mol. The summed E-state index contributed by atoms with van der Waals surface area (Å²) >= 11 is 0. The molecule has 7 nitrogen and oxygen atoms in total. The summed E-state index contributed by atoms with van der Waals surface area (Å²) < 4.78 is 14.8. The van der Waals surface area contributed by atoms with Crippen LogP contribution in [-0.4, -0.2) is 44.8 Å². The van der Waals surface area contributed by atoms with Gasteiger partial charge in [0.05, 0.1) is 12.7 Å². The minimum absolute atomic E-state index is 0.0364. The Morgan fingerprint density at radius 2 is 1.85 bits per heavy atom. The number of rotatable bonds is 7. The number of hydrogen-bond acceptors (Lipinski definition) is 7. The van der Waals surface area contributed by atoms with E-state index in [1.54, 1.807) is 24.3 Å². The molecule has 0 saturated heterocycles. The third-order valence-corrected chi connectivity index (χ3v) is 2.43. The minimum atomic E-state index is -0.811. The number of esters is 2. The second-order valence-corrected chi connectivity index (χ2v) is 3.87. The van der Waals surface area contributed by atoms with Gasteiger partial charge in [-0.1, -0.05) is 0 Å². The van der Waals surface area contributed by atoms with Gasteiger partial charge in [0, 0.05) is 6.54 Å². The predicted octanol–water partition coefficient (Wildman–Crippen LogP) is -0.319. The second-order valence-electron chi connectivity index (χ2n) is 3.87. The molecule has 0 aromatic heterocycles. The Bertz CT molecular complexity index is 447. The van der Waals surface area contributed by atoms with Gasteiger partial charge in [-0.25, -0.2) is 4.79 Å². The van der Waals surface area contributed by atoms with Gasteiger partial charge >= 0.3 is 11.9 Å². The van der Waals surface area contributed by atoms with E-state index >= 15 is 0 Å². The van der Waals surface area contributed by atoms with Crippen molar-refractivity contribution in [1.29, 1.82) is 0 Å². The van der Waals surface area contributed by atoms with Crippen molar-refractivity contribution in [3.8, 4) is 5.75 Å². The Labute approximate surface area is 116 Å². The summed E-state index contributed by atoms with van der Waals surface area (Å²) in [5.41, 5.74) is 11.0. The van der Waals surface area contributed by atoms with Crippen LogP contribution < -0.4 is 16.2 Å². The van der Waals surface area contributed by atoms with Crippen LogP contribution in [-0.2, 0) is 14.3 Å². The van der Waals surface area contributed by atoms with Gasteiger partial charge in [-0.15, -0.1) is 0 Å². The molecular formula is C13H18N2O5. The number of ether oxygens (including phenoxy) is 3. The van der Waals surface area contributed by atoms with Gasteiger partial charge in [-0.05, 0) is 24.3 Å². The maximum Gasteiger partial charge on any atom is 0.337 e. The summed E-state index contributed by atoms with van der Waals surface area (Å²) in [6.45, 7) is 0.292. The van der Waals surface area contributed by atoms with Crippen molar-refractivity contribution in [3.63, 3.8) is 0 Å². The van der Waals surface area contributed by atoms with Crippen molar-refractivity contribution < 1.29 is 23.8 Å². The Hall–Kier alpha value is -2.12. The molecule has 1 unspecified atom stereocenters. The van der Waals surface area contributed by atoms with Gasteiger partial charge in [0.15, 0.2) is 0 Å². The molecule has 0 spiro atoms. The zero-order valence-electron chi connectivity index (χ0n) is 11.2. The zero-order valence-corrected chi connectivity index (χ0v) is 11.2. The van der Waals surface area contributed by atoms with Gasteiger partial charge < -0.3 is 25.7 Å². The summed E-state index contributed by atoms with van der Waals surface area (Å²) in [4.78, 5) is 22.4. The highest BCUT2D eigenvalue weighted by molar-refractivity contribution is 5.89. The normalized spacial score (nSPS) is 11.6. The first-order chi connectivity index (χ1) is 9.58. The Kier molecular flexibility index (Phi) is 6.48.